The summed E-state index contributed by atoms with van der Waals surface area (Å²) in [6.45, 7) is 8.53. The monoisotopic (exact) mass is 318 g/mol. The zero-order chi connectivity index (χ0) is 17.1. The number of rotatable bonds is 1. The predicted octanol–water partition coefficient (Wildman–Crippen LogP) is 5.22. The Balaban J connectivity index is 2.10. The lowest BCUT2D eigenvalue weighted by Crippen LogP contribution is -2.38. The molecule has 3 nitrogen and oxygen atoms in total. The molecule has 0 radical (unpaired) electrons. The van der Waals surface area contributed by atoms with Crippen LogP contribution in [-0.2, 0) is 5.54 Å². The molecule has 0 saturated heterocycles. The Morgan fingerprint density at radius 2 is 1.79 bits per heavy atom. The van der Waals surface area contributed by atoms with Crippen LogP contribution in [0.4, 0.5) is 0 Å². The fourth-order valence-electron chi connectivity index (χ4n) is 3.77. The summed E-state index contributed by atoms with van der Waals surface area (Å²) in [7, 11) is 2.11. The summed E-state index contributed by atoms with van der Waals surface area (Å²) in [5.74, 6) is 0. The molecular weight excluding hydrogens is 296 g/mol. The third-order valence-corrected chi connectivity index (χ3v) is 5.16. The molecule has 1 aromatic carbocycles. The molecule has 0 fully saturated rings. The average molecular weight is 318 g/mol. The summed E-state index contributed by atoms with van der Waals surface area (Å²) in [6, 6.07) is 8.48. The molecular formula is C21H22N2O. The molecule has 3 aromatic rings. The van der Waals surface area contributed by atoms with Gasteiger partial charge < -0.3 is 9.32 Å². The van der Waals surface area contributed by atoms with Gasteiger partial charge in [0.05, 0.1) is 5.54 Å². The van der Waals surface area contributed by atoms with Crippen LogP contribution in [0.25, 0.3) is 22.1 Å². The van der Waals surface area contributed by atoms with E-state index in [0.717, 1.165) is 27.8 Å². The van der Waals surface area contributed by atoms with Crippen LogP contribution in [0.15, 0.2) is 52.6 Å². The van der Waals surface area contributed by atoms with Crippen molar-refractivity contribution in [1.29, 1.82) is 0 Å². The van der Waals surface area contributed by atoms with Crippen molar-refractivity contribution in [3.8, 4) is 0 Å². The summed E-state index contributed by atoms with van der Waals surface area (Å²) in [6.07, 6.45) is 6.58. The van der Waals surface area contributed by atoms with Crippen LogP contribution in [0.2, 0.25) is 0 Å². The molecule has 1 unspecified atom stereocenters. The molecule has 3 heterocycles. The van der Waals surface area contributed by atoms with E-state index in [1.807, 2.05) is 13.0 Å². The van der Waals surface area contributed by atoms with E-state index in [1.165, 1.54) is 16.7 Å². The zero-order valence-electron chi connectivity index (χ0n) is 14.8. The molecule has 4 rings (SSSR count). The van der Waals surface area contributed by atoms with Gasteiger partial charge in [-0.05, 0) is 51.5 Å². The Hall–Kier alpha value is -2.55. The summed E-state index contributed by atoms with van der Waals surface area (Å²) >= 11 is 0. The fourth-order valence-corrected chi connectivity index (χ4v) is 3.77. The molecule has 0 bridgehead atoms. The van der Waals surface area contributed by atoms with Gasteiger partial charge in [0.25, 0.3) is 0 Å². The molecule has 0 saturated carbocycles. The Labute approximate surface area is 142 Å². The van der Waals surface area contributed by atoms with Crippen LogP contribution in [0.1, 0.15) is 30.7 Å². The molecule has 0 aliphatic carbocycles. The van der Waals surface area contributed by atoms with Gasteiger partial charge in [0.2, 0.25) is 5.71 Å². The second kappa shape index (κ2) is 4.97. The molecule has 0 amide bonds. The van der Waals surface area contributed by atoms with Gasteiger partial charge >= 0.3 is 0 Å². The minimum Gasteiger partial charge on any atom is -0.437 e. The highest BCUT2D eigenvalue weighted by Gasteiger charge is 2.34. The SMILES string of the molecule is CC1=CC(C)(c2c(C)ccc3c2oc2nc(C)ccc23)N(C)C=C1. The summed E-state index contributed by atoms with van der Waals surface area (Å²) in [5, 5.41) is 2.21. The first kappa shape index (κ1) is 15.0. The molecule has 2 aromatic heterocycles. The van der Waals surface area contributed by atoms with Crippen molar-refractivity contribution in [2.45, 2.75) is 33.2 Å². The van der Waals surface area contributed by atoms with E-state index in [0.29, 0.717) is 0 Å². The first-order valence-electron chi connectivity index (χ1n) is 8.31. The van der Waals surface area contributed by atoms with E-state index < -0.39 is 0 Å². The average Bonchev–Trinajstić information content (AvgIpc) is 2.87. The molecule has 1 atom stereocenters. The summed E-state index contributed by atoms with van der Waals surface area (Å²) in [5.41, 5.74) is 6.09. The van der Waals surface area contributed by atoms with E-state index in [2.05, 4.69) is 74.3 Å². The van der Waals surface area contributed by atoms with Crippen LogP contribution < -0.4 is 0 Å². The minimum atomic E-state index is -0.245. The minimum absolute atomic E-state index is 0.245. The van der Waals surface area contributed by atoms with E-state index in [-0.39, 0.29) is 5.54 Å². The number of benzene rings is 1. The number of allylic oxidation sites excluding steroid dienone is 2. The van der Waals surface area contributed by atoms with Crippen molar-refractivity contribution in [2.75, 3.05) is 7.05 Å². The number of likely N-dealkylation sites (N-methyl/N-ethyl adjacent to an activating group) is 1. The molecule has 1 aliphatic heterocycles. The van der Waals surface area contributed by atoms with Gasteiger partial charge in [-0.3, -0.25) is 0 Å². The molecule has 1 aliphatic rings. The van der Waals surface area contributed by atoms with Crippen molar-refractivity contribution < 1.29 is 4.42 Å². The van der Waals surface area contributed by atoms with Gasteiger partial charge in [0, 0.05) is 35.3 Å². The standard InChI is InChI=1S/C21H22N2O/c1-13-10-11-23(5)21(4,12-13)18-14(2)6-8-16-17-9-7-15(3)22-20(17)24-19(16)18/h6-12H,1-5H3. The van der Waals surface area contributed by atoms with Crippen LogP contribution in [0, 0.1) is 13.8 Å². The predicted molar refractivity (Wildman–Crippen MR) is 99.0 cm³/mol. The van der Waals surface area contributed by atoms with Crippen molar-refractivity contribution in [1.82, 2.24) is 9.88 Å². The number of nitrogens with zero attached hydrogens (tertiary/aromatic N) is 2. The second-order valence-electron chi connectivity index (χ2n) is 7.00. The van der Waals surface area contributed by atoms with Crippen molar-refractivity contribution in [2.24, 2.45) is 0 Å². The number of aryl methyl sites for hydroxylation is 2. The van der Waals surface area contributed by atoms with Gasteiger partial charge in [-0.25, -0.2) is 4.98 Å². The molecule has 122 valence electrons. The van der Waals surface area contributed by atoms with Crippen LogP contribution in [0.5, 0.6) is 0 Å². The summed E-state index contributed by atoms with van der Waals surface area (Å²) < 4.78 is 6.26. The summed E-state index contributed by atoms with van der Waals surface area (Å²) in [4.78, 5) is 6.82. The Morgan fingerprint density at radius 3 is 2.58 bits per heavy atom. The Bertz CT molecular complexity index is 1030. The van der Waals surface area contributed by atoms with E-state index >= 15 is 0 Å². The molecule has 3 heteroatoms. The van der Waals surface area contributed by atoms with Crippen LogP contribution in [0.3, 0.4) is 0 Å². The second-order valence-corrected chi connectivity index (χ2v) is 7.00. The topological polar surface area (TPSA) is 29.3 Å². The van der Waals surface area contributed by atoms with Crippen molar-refractivity contribution in [3.63, 3.8) is 0 Å². The number of furan rings is 1. The lowest BCUT2D eigenvalue weighted by atomic mass is 9.83. The molecule has 0 N–H and O–H groups in total. The lowest BCUT2D eigenvalue weighted by Gasteiger charge is -2.39. The van der Waals surface area contributed by atoms with E-state index in [1.54, 1.807) is 0 Å². The van der Waals surface area contributed by atoms with E-state index in [9.17, 15) is 0 Å². The van der Waals surface area contributed by atoms with Crippen LogP contribution in [-0.4, -0.2) is 16.9 Å². The lowest BCUT2D eigenvalue weighted by molar-refractivity contribution is 0.259. The fraction of sp³-hybridized carbons (Fsp3) is 0.286. The maximum atomic E-state index is 6.26. The van der Waals surface area contributed by atoms with Gasteiger partial charge in [-0.2, -0.15) is 0 Å². The Morgan fingerprint density at radius 1 is 1.04 bits per heavy atom. The van der Waals surface area contributed by atoms with Gasteiger partial charge in [0.1, 0.15) is 5.58 Å². The van der Waals surface area contributed by atoms with Gasteiger partial charge in [-0.15, -0.1) is 0 Å². The van der Waals surface area contributed by atoms with Gasteiger partial charge in [-0.1, -0.05) is 23.8 Å². The molecule has 0 spiro atoms. The normalized spacial score (nSPS) is 20.9. The van der Waals surface area contributed by atoms with Gasteiger partial charge in [0.15, 0.2) is 0 Å². The molecule has 24 heavy (non-hydrogen) atoms. The van der Waals surface area contributed by atoms with Crippen molar-refractivity contribution in [3.05, 3.63) is 65.0 Å². The maximum Gasteiger partial charge on any atom is 0.227 e. The largest absolute Gasteiger partial charge is 0.437 e. The number of pyridine rings is 1. The van der Waals surface area contributed by atoms with Crippen LogP contribution >= 0.6 is 0 Å². The smallest absolute Gasteiger partial charge is 0.227 e. The highest BCUT2D eigenvalue weighted by atomic mass is 16.3. The highest BCUT2D eigenvalue weighted by Crippen LogP contribution is 2.42. The number of hydrogen-bond acceptors (Lipinski definition) is 3. The zero-order valence-corrected chi connectivity index (χ0v) is 14.8. The highest BCUT2D eigenvalue weighted by molar-refractivity contribution is 6.05. The number of fused-ring (bicyclic) bond motifs is 3. The third kappa shape index (κ3) is 2.01. The maximum absolute atomic E-state index is 6.26. The Kier molecular flexibility index (Phi) is 3.11. The third-order valence-electron chi connectivity index (χ3n) is 5.16. The first-order valence-corrected chi connectivity index (χ1v) is 8.31. The van der Waals surface area contributed by atoms with Crippen molar-refractivity contribution >= 4 is 22.1 Å². The number of hydrogen-bond donors (Lipinski definition) is 0. The number of aromatic nitrogens is 1. The van der Waals surface area contributed by atoms with E-state index in [4.69, 9.17) is 4.42 Å². The first-order chi connectivity index (χ1) is 11.4. The quantitative estimate of drug-likeness (QED) is 0.616.